The Hall–Kier alpha value is -1.49. The van der Waals surface area contributed by atoms with Gasteiger partial charge in [0.25, 0.3) is 0 Å². The number of hydrogen-bond acceptors (Lipinski definition) is 4. The first-order chi connectivity index (χ1) is 6.74. The van der Waals surface area contributed by atoms with E-state index in [4.69, 9.17) is 16.0 Å². The van der Waals surface area contributed by atoms with Gasteiger partial charge >= 0.3 is 0 Å². The molecule has 0 aliphatic carbocycles. The summed E-state index contributed by atoms with van der Waals surface area (Å²) in [6, 6.07) is 1.76. The SMILES string of the molecule is CNc1nnc(-c2ccoc2Cl)n1C. The lowest BCUT2D eigenvalue weighted by atomic mass is 10.3. The fourth-order valence-electron chi connectivity index (χ4n) is 1.23. The fourth-order valence-corrected chi connectivity index (χ4v) is 1.43. The van der Waals surface area contributed by atoms with Crippen molar-refractivity contribution in [2.75, 3.05) is 12.4 Å². The molecule has 0 amide bonds. The minimum Gasteiger partial charge on any atom is -0.452 e. The summed E-state index contributed by atoms with van der Waals surface area (Å²) < 4.78 is 6.78. The lowest BCUT2D eigenvalue weighted by molar-refractivity contribution is 0.570. The van der Waals surface area contributed by atoms with Gasteiger partial charge in [-0.05, 0) is 17.7 Å². The quantitative estimate of drug-likeness (QED) is 0.825. The third kappa shape index (κ3) is 1.26. The van der Waals surface area contributed by atoms with Crippen LogP contribution in [0.3, 0.4) is 0 Å². The van der Waals surface area contributed by atoms with Gasteiger partial charge < -0.3 is 9.73 Å². The molecule has 2 rings (SSSR count). The van der Waals surface area contributed by atoms with E-state index in [0.717, 1.165) is 5.56 Å². The number of nitrogens with one attached hydrogen (secondary N) is 1. The molecule has 14 heavy (non-hydrogen) atoms. The van der Waals surface area contributed by atoms with Crippen molar-refractivity contribution in [2.45, 2.75) is 0 Å². The second kappa shape index (κ2) is 3.34. The minimum atomic E-state index is 0.322. The maximum Gasteiger partial charge on any atom is 0.224 e. The second-order valence-electron chi connectivity index (χ2n) is 2.76. The Labute approximate surface area is 85.7 Å². The Kier molecular flexibility index (Phi) is 2.17. The van der Waals surface area contributed by atoms with Gasteiger partial charge in [0.15, 0.2) is 5.82 Å². The second-order valence-corrected chi connectivity index (χ2v) is 3.11. The van der Waals surface area contributed by atoms with Gasteiger partial charge in [-0.15, -0.1) is 10.2 Å². The van der Waals surface area contributed by atoms with Gasteiger partial charge in [0, 0.05) is 14.1 Å². The smallest absolute Gasteiger partial charge is 0.224 e. The van der Waals surface area contributed by atoms with Crippen LogP contribution in [0.1, 0.15) is 0 Å². The Morgan fingerprint density at radius 1 is 1.50 bits per heavy atom. The van der Waals surface area contributed by atoms with E-state index in [0.29, 0.717) is 17.0 Å². The van der Waals surface area contributed by atoms with Gasteiger partial charge in [-0.3, -0.25) is 4.57 Å². The molecule has 0 aliphatic heterocycles. The molecule has 0 spiro atoms. The number of halogens is 1. The van der Waals surface area contributed by atoms with Crippen LogP contribution in [0.15, 0.2) is 16.7 Å². The van der Waals surface area contributed by atoms with E-state index in [1.54, 1.807) is 17.7 Å². The summed E-state index contributed by atoms with van der Waals surface area (Å²) >= 11 is 5.83. The van der Waals surface area contributed by atoms with Crippen molar-refractivity contribution < 1.29 is 4.42 Å². The van der Waals surface area contributed by atoms with E-state index in [-0.39, 0.29) is 0 Å². The molecule has 2 heterocycles. The van der Waals surface area contributed by atoms with Crippen LogP contribution in [0.2, 0.25) is 5.22 Å². The molecule has 0 aliphatic rings. The first kappa shape index (κ1) is 9.08. The number of rotatable bonds is 2. The third-order valence-corrected chi connectivity index (χ3v) is 2.25. The average Bonchev–Trinajstić information content (AvgIpc) is 2.72. The monoisotopic (exact) mass is 212 g/mol. The number of anilines is 1. The number of nitrogens with zero attached hydrogens (tertiary/aromatic N) is 3. The zero-order valence-electron chi connectivity index (χ0n) is 7.78. The van der Waals surface area contributed by atoms with Crippen LogP contribution in [0.5, 0.6) is 0 Å². The van der Waals surface area contributed by atoms with Crippen molar-refractivity contribution in [2.24, 2.45) is 7.05 Å². The average molecular weight is 213 g/mol. The van der Waals surface area contributed by atoms with Crippen LogP contribution in [0.4, 0.5) is 5.95 Å². The van der Waals surface area contributed by atoms with E-state index in [1.807, 2.05) is 7.05 Å². The molecular weight excluding hydrogens is 204 g/mol. The highest BCUT2D eigenvalue weighted by molar-refractivity contribution is 6.31. The minimum absolute atomic E-state index is 0.322. The van der Waals surface area contributed by atoms with Gasteiger partial charge in [0.2, 0.25) is 11.2 Å². The summed E-state index contributed by atoms with van der Waals surface area (Å²) in [6.45, 7) is 0. The number of aromatic nitrogens is 3. The summed E-state index contributed by atoms with van der Waals surface area (Å²) in [4.78, 5) is 0. The maximum absolute atomic E-state index is 5.83. The summed E-state index contributed by atoms with van der Waals surface area (Å²) in [6.07, 6.45) is 1.52. The van der Waals surface area contributed by atoms with E-state index >= 15 is 0 Å². The van der Waals surface area contributed by atoms with Crippen LogP contribution >= 0.6 is 11.6 Å². The molecule has 2 aromatic rings. The normalized spacial score (nSPS) is 10.5. The van der Waals surface area contributed by atoms with Gasteiger partial charge in [0.05, 0.1) is 11.8 Å². The Morgan fingerprint density at radius 2 is 2.29 bits per heavy atom. The number of hydrogen-bond donors (Lipinski definition) is 1. The highest BCUT2D eigenvalue weighted by atomic mass is 35.5. The molecule has 0 aromatic carbocycles. The Balaban J connectivity index is 2.52. The maximum atomic E-state index is 5.83. The summed E-state index contributed by atoms with van der Waals surface area (Å²) in [5.74, 6) is 1.35. The zero-order valence-corrected chi connectivity index (χ0v) is 8.54. The molecule has 0 radical (unpaired) electrons. The molecule has 5 nitrogen and oxygen atoms in total. The van der Waals surface area contributed by atoms with E-state index in [9.17, 15) is 0 Å². The predicted octanol–water partition coefficient (Wildman–Crippen LogP) is 1.77. The molecule has 1 N–H and O–H groups in total. The van der Waals surface area contributed by atoms with Crippen molar-refractivity contribution >= 4 is 17.5 Å². The highest BCUT2D eigenvalue weighted by Gasteiger charge is 2.14. The van der Waals surface area contributed by atoms with Crippen molar-refractivity contribution in [3.63, 3.8) is 0 Å². The molecule has 0 unspecified atom stereocenters. The summed E-state index contributed by atoms with van der Waals surface area (Å²) in [7, 11) is 3.63. The van der Waals surface area contributed by atoms with E-state index in [1.165, 1.54) is 6.26 Å². The first-order valence-corrected chi connectivity index (χ1v) is 4.42. The van der Waals surface area contributed by atoms with Gasteiger partial charge in [-0.25, -0.2) is 0 Å². The van der Waals surface area contributed by atoms with Crippen LogP contribution < -0.4 is 5.32 Å². The molecule has 0 atom stereocenters. The van der Waals surface area contributed by atoms with Crippen molar-refractivity contribution in [1.82, 2.24) is 14.8 Å². The van der Waals surface area contributed by atoms with Crippen molar-refractivity contribution in [3.05, 3.63) is 17.5 Å². The van der Waals surface area contributed by atoms with Crippen LogP contribution in [-0.4, -0.2) is 21.8 Å². The highest BCUT2D eigenvalue weighted by Crippen LogP contribution is 2.27. The molecule has 2 aromatic heterocycles. The molecule has 0 bridgehead atoms. The zero-order chi connectivity index (χ0) is 10.1. The van der Waals surface area contributed by atoms with Crippen LogP contribution in [0.25, 0.3) is 11.4 Å². The molecule has 0 fully saturated rings. The Morgan fingerprint density at radius 3 is 2.79 bits per heavy atom. The van der Waals surface area contributed by atoms with Crippen molar-refractivity contribution in [3.8, 4) is 11.4 Å². The number of furan rings is 1. The molecule has 0 saturated heterocycles. The lowest BCUT2D eigenvalue weighted by Crippen LogP contribution is -1.99. The standard InChI is InChI=1S/C8H9ClN4O/c1-10-8-12-11-7(13(8)2)5-3-4-14-6(5)9/h3-4H,1-2H3,(H,10,12). The lowest BCUT2D eigenvalue weighted by Gasteiger charge is -2.00. The van der Waals surface area contributed by atoms with E-state index in [2.05, 4.69) is 15.5 Å². The largest absolute Gasteiger partial charge is 0.452 e. The fraction of sp³-hybridized carbons (Fsp3) is 0.250. The van der Waals surface area contributed by atoms with Gasteiger partial charge in [-0.2, -0.15) is 0 Å². The summed E-state index contributed by atoms with van der Waals surface area (Å²) in [5.41, 5.74) is 0.739. The topological polar surface area (TPSA) is 55.9 Å². The molecule has 74 valence electrons. The first-order valence-electron chi connectivity index (χ1n) is 4.04. The molecule has 0 saturated carbocycles. The van der Waals surface area contributed by atoms with Gasteiger partial charge in [-0.1, -0.05) is 0 Å². The predicted molar refractivity (Wildman–Crippen MR) is 53.3 cm³/mol. The summed E-state index contributed by atoms with van der Waals surface area (Å²) in [5, 5.41) is 11.2. The van der Waals surface area contributed by atoms with Gasteiger partial charge in [0.1, 0.15) is 0 Å². The molecular formula is C8H9ClN4O. The Bertz CT molecular complexity index is 448. The third-order valence-electron chi connectivity index (χ3n) is 1.96. The van der Waals surface area contributed by atoms with E-state index < -0.39 is 0 Å². The van der Waals surface area contributed by atoms with Crippen LogP contribution in [-0.2, 0) is 7.05 Å². The molecule has 6 heteroatoms. The van der Waals surface area contributed by atoms with Crippen molar-refractivity contribution in [1.29, 1.82) is 0 Å². The van der Waals surface area contributed by atoms with Crippen LogP contribution in [0, 0.1) is 0 Å².